The maximum absolute atomic E-state index is 10.0. The molecule has 2 heteroatoms. The van der Waals surface area contributed by atoms with Crippen LogP contribution in [0, 0.1) is 4.91 Å². The quantitative estimate of drug-likeness (QED) is 0.627. The summed E-state index contributed by atoms with van der Waals surface area (Å²) in [6, 6.07) is 9.59. The Hall–Kier alpha value is -1.44. The third-order valence-electron chi connectivity index (χ3n) is 1.53. The molecule has 0 aliphatic carbocycles. The van der Waals surface area contributed by atoms with E-state index in [1.165, 1.54) is 0 Å². The summed E-state index contributed by atoms with van der Waals surface area (Å²) in [6.45, 7) is 1.76. The largest absolute Gasteiger partial charge is 0.150 e. The van der Waals surface area contributed by atoms with E-state index in [9.17, 15) is 4.91 Å². The first kappa shape index (κ1) is 8.65. The lowest BCUT2D eigenvalue weighted by Gasteiger charge is -1.92. The summed E-state index contributed by atoms with van der Waals surface area (Å²) < 4.78 is 0. The summed E-state index contributed by atoms with van der Waals surface area (Å²) in [5, 5.41) is 2.87. The Balaban J connectivity index is 2.63. The van der Waals surface area contributed by atoms with E-state index in [0.29, 0.717) is 0 Å². The molecule has 0 amide bonds. The van der Waals surface area contributed by atoms with E-state index >= 15 is 0 Å². The van der Waals surface area contributed by atoms with Crippen molar-refractivity contribution >= 4 is 6.08 Å². The van der Waals surface area contributed by atoms with Crippen molar-refractivity contribution in [3.63, 3.8) is 0 Å². The number of hydrogen-bond acceptors (Lipinski definition) is 2. The van der Waals surface area contributed by atoms with Gasteiger partial charge in [0.2, 0.25) is 0 Å². The lowest BCUT2D eigenvalue weighted by atomic mass is 10.2. The second-order valence-electron chi connectivity index (χ2n) is 2.62. The molecule has 0 radical (unpaired) electrons. The highest BCUT2D eigenvalue weighted by atomic mass is 16.3. The standard InChI is InChI=1S/C10H11NO/c1-9(11-12)7-8-10-5-3-2-4-6-10/h2-9H,1H3. The summed E-state index contributed by atoms with van der Waals surface area (Å²) in [5.41, 5.74) is 1.09. The van der Waals surface area contributed by atoms with Gasteiger partial charge in [0.15, 0.2) is 0 Å². The molecule has 0 aliphatic heterocycles. The first-order chi connectivity index (χ1) is 5.83. The predicted octanol–water partition coefficient (Wildman–Crippen LogP) is 2.85. The minimum atomic E-state index is -0.245. The van der Waals surface area contributed by atoms with Gasteiger partial charge in [0.05, 0.1) is 0 Å². The molecule has 2 nitrogen and oxygen atoms in total. The van der Waals surface area contributed by atoms with E-state index in [0.717, 1.165) is 5.56 Å². The topological polar surface area (TPSA) is 29.4 Å². The molecule has 0 N–H and O–H groups in total. The molecule has 1 rings (SSSR count). The van der Waals surface area contributed by atoms with Crippen molar-refractivity contribution in [2.45, 2.75) is 13.0 Å². The van der Waals surface area contributed by atoms with Gasteiger partial charge in [-0.1, -0.05) is 47.7 Å². The molecule has 0 saturated carbocycles. The molecular formula is C10H11NO. The Morgan fingerprint density at radius 3 is 2.58 bits per heavy atom. The average molecular weight is 161 g/mol. The zero-order chi connectivity index (χ0) is 8.81. The Morgan fingerprint density at radius 1 is 1.33 bits per heavy atom. The Kier molecular flexibility index (Phi) is 3.20. The molecule has 0 aliphatic rings. The number of hydrogen-bond donors (Lipinski definition) is 0. The van der Waals surface area contributed by atoms with Gasteiger partial charge in [0.1, 0.15) is 6.04 Å². The third kappa shape index (κ3) is 2.66. The van der Waals surface area contributed by atoms with Gasteiger partial charge in [-0.15, -0.1) is 0 Å². The van der Waals surface area contributed by atoms with Gasteiger partial charge >= 0.3 is 0 Å². The fourth-order valence-corrected chi connectivity index (χ4v) is 0.850. The van der Waals surface area contributed by atoms with Gasteiger partial charge in [-0.05, 0) is 12.5 Å². The van der Waals surface area contributed by atoms with Crippen LogP contribution in [0.5, 0.6) is 0 Å². The summed E-state index contributed by atoms with van der Waals surface area (Å²) in [4.78, 5) is 10.0. The van der Waals surface area contributed by atoms with Crippen molar-refractivity contribution < 1.29 is 0 Å². The number of rotatable bonds is 3. The van der Waals surface area contributed by atoms with Crippen molar-refractivity contribution in [3.05, 3.63) is 46.9 Å². The molecule has 0 saturated heterocycles. The lowest BCUT2D eigenvalue weighted by Crippen LogP contribution is -1.87. The highest BCUT2D eigenvalue weighted by molar-refractivity contribution is 5.49. The van der Waals surface area contributed by atoms with E-state index in [2.05, 4.69) is 5.18 Å². The van der Waals surface area contributed by atoms with Gasteiger partial charge < -0.3 is 0 Å². The first-order valence-electron chi connectivity index (χ1n) is 3.88. The van der Waals surface area contributed by atoms with Crippen molar-refractivity contribution in [1.29, 1.82) is 0 Å². The normalized spacial score (nSPS) is 13.1. The highest BCUT2D eigenvalue weighted by Gasteiger charge is 1.91. The Morgan fingerprint density at radius 2 is 2.00 bits per heavy atom. The number of nitrogens with zero attached hydrogens (tertiary/aromatic N) is 1. The van der Waals surface area contributed by atoms with Crippen LogP contribution in [0.4, 0.5) is 0 Å². The first-order valence-corrected chi connectivity index (χ1v) is 3.88. The number of nitroso groups, excluding NO2 is 1. The van der Waals surface area contributed by atoms with Gasteiger partial charge in [0, 0.05) is 0 Å². The third-order valence-corrected chi connectivity index (χ3v) is 1.53. The Labute approximate surface area is 71.9 Å². The molecule has 0 heterocycles. The van der Waals surface area contributed by atoms with Crippen LogP contribution in [0.15, 0.2) is 41.6 Å². The van der Waals surface area contributed by atoms with Crippen molar-refractivity contribution in [3.8, 4) is 0 Å². The van der Waals surface area contributed by atoms with Crippen LogP contribution in [-0.2, 0) is 0 Å². The highest BCUT2D eigenvalue weighted by Crippen LogP contribution is 2.02. The second kappa shape index (κ2) is 4.44. The van der Waals surface area contributed by atoms with Crippen LogP contribution >= 0.6 is 0 Å². The van der Waals surface area contributed by atoms with E-state index in [1.807, 2.05) is 36.4 Å². The molecule has 62 valence electrons. The lowest BCUT2D eigenvalue weighted by molar-refractivity contribution is 0.920. The summed E-state index contributed by atoms with van der Waals surface area (Å²) in [7, 11) is 0. The van der Waals surface area contributed by atoms with Crippen LogP contribution in [0.1, 0.15) is 12.5 Å². The van der Waals surface area contributed by atoms with Gasteiger partial charge in [0.25, 0.3) is 0 Å². The zero-order valence-electron chi connectivity index (χ0n) is 6.97. The molecule has 1 aromatic carbocycles. The van der Waals surface area contributed by atoms with Crippen LogP contribution in [0.2, 0.25) is 0 Å². The maximum atomic E-state index is 10.0. The molecular weight excluding hydrogens is 150 g/mol. The molecule has 12 heavy (non-hydrogen) atoms. The van der Waals surface area contributed by atoms with Crippen LogP contribution < -0.4 is 0 Å². The fourth-order valence-electron chi connectivity index (χ4n) is 0.850. The SMILES string of the molecule is CC(C=Cc1ccccc1)N=O. The predicted molar refractivity (Wildman–Crippen MR) is 50.7 cm³/mol. The van der Waals surface area contributed by atoms with E-state index in [4.69, 9.17) is 0 Å². The summed E-state index contributed by atoms with van der Waals surface area (Å²) >= 11 is 0. The van der Waals surface area contributed by atoms with Crippen molar-refractivity contribution in [2.24, 2.45) is 5.18 Å². The smallest absolute Gasteiger partial charge is 0.107 e. The van der Waals surface area contributed by atoms with Crippen LogP contribution in [-0.4, -0.2) is 6.04 Å². The van der Waals surface area contributed by atoms with Gasteiger partial charge in [-0.3, -0.25) is 0 Å². The minimum absolute atomic E-state index is 0.245. The van der Waals surface area contributed by atoms with Crippen LogP contribution in [0.25, 0.3) is 6.08 Å². The maximum Gasteiger partial charge on any atom is 0.107 e. The van der Waals surface area contributed by atoms with E-state index in [1.54, 1.807) is 13.0 Å². The number of benzene rings is 1. The van der Waals surface area contributed by atoms with Crippen LogP contribution in [0.3, 0.4) is 0 Å². The Bertz CT molecular complexity index is 266. The molecule has 1 unspecified atom stereocenters. The van der Waals surface area contributed by atoms with Crippen molar-refractivity contribution in [1.82, 2.24) is 0 Å². The second-order valence-corrected chi connectivity index (χ2v) is 2.62. The molecule has 0 fully saturated rings. The van der Waals surface area contributed by atoms with Gasteiger partial charge in [-0.25, -0.2) is 0 Å². The summed E-state index contributed by atoms with van der Waals surface area (Å²) in [6.07, 6.45) is 3.68. The monoisotopic (exact) mass is 161 g/mol. The molecule has 1 atom stereocenters. The van der Waals surface area contributed by atoms with Crippen molar-refractivity contribution in [2.75, 3.05) is 0 Å². The minimum Gasteiger partial charge on any atom is -0.150 e. The molecule has 0 aromatic heterocycles. The zero-order valence-corrected chi connectivity index (χ0v) is 6.97. The van der Waals surface area contributed by atoms with Gasteiger partial charge in [-0.2, -0.15) is 4.91 Å². The fraction of sp³-hybridized carbons (Fsp3) is 0.200. The van der Waals surface area contributed by atoms with E-state index in [-0.39, 0.29) is 6.04 Å². The summed E-state index contributed by atoms with van der Waals surface area (Å²) in [5.74, 6) is 0. The molecule has 1 aromatic rings. The van der Waals surface area contributed by atoms with E-state index < -0.39 is 0 Å². The molecule has 0 bridgehead atoms. The molecule has 0 spiro atoms. The average Bonchev–Trinajstić information content (AvgIpc) is 2.16.